The highest BCUT2D eigenvalue weighted by Crippen LogP contribution is 2.48. The molecule has 62 heavy (non-hydrogen) atoms. The molecule has 3 heterocycles. The van der Waals surface area contributed by atoms with Crippen LogP contribution in [0.2, 0.25) is 0 Å². The van der Waals surface area contributed by atoms with Crippen molar-refractivity contribution in [1.29, 1.82) is 0 Å². The van der Waals surface area contributed by atoms with Crippen LogP contribution in [0.25, 0.3) is 0 Å². The van der Waals surface area contributed by atoms with Gasteiger partial charge in [-0.3, -0.25) is 9.11 Å². The molecule has 1 aliphatic carbocycles. The maximum absolute atomic E-state index is 11.7. The Labute approximate surface area is 359 Å². The van der Waals surface area contributed by atoms with Crippen molar-refractivity contribution in [3.63, 3.8) is 0 Å². The van der Waals surface area contributed by atoms with Crippen molar-refractivity contribution in [3.8, 4) is 0 Å². The van der Waals surface area contributed by atoms with E-state index in [1.54, 1.807) is 82.3 Å². The normalized spacial score (nSPS) is 26.2. The molecule has 4 aliphatic rings. The van der Waals surface area contributed by atoms with E-state index in [1.165, 1.54) is 0 Å². The molecule has 0 bridgehead atoms. The molecule has 18 nitrogen and oxygen atoms in total. The fourth-order valence-corrected chi connectivity index (χ4v) is 9.82. The molecular formula is C42H55N2O16S2+. The minimum atomic E-state index is -4.30. The van der Waals surface area contributed by atoms with Crippen LogP contribution in [-0.2, 0) is 40.5 Å². The molecule has 1 saturated heterocycles. The van der Waals surface area contributed by atoms with Gasteiger partial charge in [-0.2, -0.15) is 21.4 Å². The van der Waals surface area contributed by atoms with Gasteiger partial charge in [-0.25, -0.2) is 0 Å². The average Bonchev–Trinajstić information content (AvgIpc) is 3.67. The summed E-state index contributed by atoms with van der Waals surface area (Å²) in [6.07, 6.45) is -0.135. The van der Waals surface area contributed by atoms with Crippen LogP contribution in [0.5, 0.6) is 0 Å². The minimum Gasteiger partial charge on any atom is -0.490 e. The van der Waals surface area contributed by atoms with Crippen LogP contribution in [0, 0.1) is 0 Å². The molecule has 340 valence electrons. The molecule has 10 N–H and O–H groups in total. The Balaban J connectivity index is 1.48. The van der Waals surface area contributed by atoms with Crippen LogP contribution >= 0.6 is 0 Å². The van der Waals surface area contributed by atoms with E-state index in [2.05, 4.69) is 0 Å². The smallest absolute Gasteiger partial charge is 0.265 e. The van der Waals surface area contributed by atoms with Crippen LogP contribution in [0.3, 0.4) is 0 Å². The van der Waals surface area contributed by atoms with Crippen LogP contribution in [-0.4, -0.2) is 165 Å². The van der Waals surface area contributed by atoms with Crippen molar-refractivity contribution in [2.24, 2.45) is 0 Å². The summed E-state index contributed by atoms with van der Waals surface area (Å²) in [5.41, 5.74) is 1.77. The monoisotopic (exact) mass is 907 g/mol. The average molecular weight is 908 g/mol. The number of anilines is 1. The molecule has 2 aromatic rings. The topological polar surface area (TPSA) is 295 Å². The summed E-state index contributed by atoms with van der Waals surface area (Å²) in [5.74, 6) is -0.796. The molecule has 0 spiro atoms. The first-order valence-electron chi connectivity index (χ1n) is 20.2. The number of nitrogens with zero attached hydrogens (tertiary/aromatic N) is 2. The van der Waals surface area contributed by atoms with Gasteiger partial charge in [0.25, 0.3) is 20.2 Å². The zero-order chi connectivity index (χ0) is 45.0. The third kappa shape index (κ3) is 9.63. The Morgan fingerprint density at radius 1 is 0.758 bits per heavy atom. The molecule has 20 heteroatoms. The zero-order valence-corrected chi connectivity index (χ0v) is 35.5. The van der Waals surface area contributed by atoms with Crippen LogP contribution < -0.4 is 4.90 Å². The number of para-hydroxylation sites is 2. The van der Waals surface area contributed by atoms with Crippen molar-refractivity contribution in [1.82, 2.24) is 0 Å². The van der Waals surface area contributed by atoms with Gasteiger partial charge in [0.05, 0.1) is 43.3 Å². The summed E-state index contributed by atoms with van der Waals surface area (Å²) in [7, 11) is -8.60. The highest BCUT2D eigenvalue weighted by atomic mass is 32.2. The number of ether oxygens (including phenoxy) is 2. The quantitative estimate of drug-likeness (QED) is 0.0692. The molecule has 5 atom stereocenters. The number of allylic oxidation sites excluding steroid dienone is 6. The summed E-state index contributed by atoms with van der Waals surface area (Å²) in [4.78, 5) is 1.77. The number of hydrogen-bond acceptors (Lipinski definition) is 15. The molecule has 5 unspecified atom stereocenters. The molecule has 0 saturated carbocycles. The predicted octanol–water partition coefficient (Wildman–Crippen LogP) is -0.0730. The van der Waals surface area contributed by atoms with Gasteiger partial charge >= 0.3 is 0 Å². The largest absolute Gasteiger partial charge is 0.490 e. The van der Waals surface area contributed by atoms with Gasteiger partial charge in [0.15, 0.2) is 12.0 Å². The van der Waals surface area contributed by atoms with Crippen molar-refractivity contribution >= 4 is 37.3 Å². The Morgan fingerprint density at radius 3 is 2.05 bits per heavy atom. The van der Waals surface area contributed by atoms with E-state index in [-0.39, 0.29) is 31.7 Å². The third-order valence-corrected chi connectivity index (χ3v) is 13.7. The van der Waals surface area contributed by atoms with Gasteiger partial charge in [0.1, 0.15) is 48.7 Å². The van der Waals surface area contributed by atoms with Crippen LogP contribution in [0.4, 0.5) is 11.4 Å². The molecule has 0 radical (unpaired) electrons. The number of rotatable bonds is 18. The lowest BCUT2D eigenvalue weighted by Gasteiger charge is -2.38. The van der Waals surface area contributed by atoms with Crippen molar-refractivity contribution in [3.05, 3.63) is 107 Å². The molecule has 0 amide bonds. The maximum atomic E-state index is 11.7. The number of benzene rings is 2. The first-order chi connectivity index (χ1) is 29.4. The Hall–Kier alpha value is -3.87. The van der Waals surface area contributed by atoms with Crippen molar-refractivity contribution in [2.75, 3.05) is 62.5 Å². The van der Waals surface area contributed by atoms with Gasteiger partial charge in [0, 0.05) is 42.1 Å². The van der Waals surface area contributed by atoms with Crippen molar-refractivity contribution in [2.45, 2.75) is 73.6 Å². The number of fused-ring (bicyclic) bond motifs is 2. The molecule has 6 rings (SSSR count). The molecule has 1 fully saturated rings. The fourth-order valence-electron chi connectivity index (χ4n) is 8.83. The number of hydrogen-bond donors (Lipinski definition) is 10. The number of aliphatic hydroxyl groups is 8. The van der Waals surface area contributed by atoms with E-state index in [4.69, 9.17) is 9.47 Å². The first-order valence-corrected chi connectivity index (χ1v) is 23.5. The Kier molecular flexibility index (Phi) is 15.0. The first kappa shape index (κ1) is 47.6. The summed E-state index contributed by atoms with van der Waals surface area (Å²) >= 11 is 0. The lowest BCUT2D eigenvalue weighted by Crippen LogP contribution is -2.58. The lowest BCUT2D eigenvalue weighted by molar-refractivity contribution is -0.437. The number of aliphatic hydroxyl groups excluding tert-OH is 8. The second-order valence-electron chi connectivity index (χ2n) is 15.9. The third-order valence-electron chi connectivity index (χ3n) is 12.1. The molecule has 3 aliphatic heterocycles. The fraction of sp³-hybridized carbons (Fsp3) is 0.500. The predicted molar refractivity (Wildman–Crippen MR) is 225 cm³/mol. The molecule has 2 aromatic carbocycles. The second-order valence-corrected chi connectivity index (χ2v) is 19.1. The lowest BCUT2D eigenvalue weighted by atomic mass is 9.78. The summed E-state index contributed by atoms with van der Waals surface area (Å²) in [6.45, 7) is -2.34. The summed E-state index contributed by atoms with van der Waals surface area (Å²) < 4.78 is 79.2. The van der Waals surface area contributed by atoms with Gasteiger partial charge < -0.3 is 55.2 Å². The SMILES string of the molecule is O=S(=O)(O)CCCN1/C(=C\C=C2\CCCC(/C=C/C3=[N+](CCCS(=O)(=O)O)c4ccccc4C3(CO)CO)=C2OCC2OC(O)C(O)C(O)C2O)C(CO)(CO)c2ccccc21. The van der Waals surface area contributed by atoms with E-state index in [0.29, 0.717) is 64.3 Å². The molecular weight excluding hydrogens is 853 g/mol. The maximum Gasteiger partial charge on any atom is 0.265 e. The van der Waals surface area contributed by atoms with E-state index in [0.717, 1.165) is 0 Å². The van der Waals surface area contributed by atoms with E-state index in [1.807, 2.05) is 0 Å². The highest BCUT2D eigenvalue weighted by Gasteiger charge is 2.51. The van der Waals surface area contributed by atoms with Crippen molar-refractivity contribution < 1.29 is 80.8 Å². The zero-order valence-electron chi connectivity index (χ0n) is 33.8. The second kappa shape index (κ2) is 19.5. The van der Waals surface area contributed by atoms with E-state index in [9.17, 15) is 66.8 Å². The van der Waals surface area contributed by atoms with Gasteiger partial charge in [0.2, 0.25) is 5.69 Å². The van der Waals surface area contributed by atoms with E-state index >= 15 is 0 Å². The highest BCUT2D eigenvalue weighted by molar-refractivity contribution is 7.86. The Morgan fingerprint density at radius 2 is 1.39 bits per heavy atom. The van der Waals surface area contributed by atoms with Gasteiger partial charge in [-0.15, -0.1) is 0 Å². The standard InChI is InChI=1S/C42H54N2O16S2/c45-23-41(24-46)29-10-1-3-12-31(29)43(18-6-20-61(53,54)55)34(41)16-14-27-8-5-9-28(39(27)59-22-33-36(49)37(50)38(51)40(52)60-33)15-17-35-42(25-47,26-48)30-11-2-4-13-32(30)44(35)19-7-21-62(56,57)58/h1-4,10-17,33,36-38,40,45-52H,5-9,18-26H2,(H-,53,54,55,56,57,58)/p+1. The minimum absolute atomic E-state index is 0.00599. The Bertz CT molecular complexity index is 2330. The van der Waals surface area contributed by atoms with Gasteiger partial charge in [-0.05, 0) is 60.6 Å². The molecule has 0 aromatic heterocycles. The van der Waals surface area contributed by atoms with Gasteiger partial charge in [-0.1, -0.05) is 42.5 Å². The summed E-state index contributed by atoms with van der Waals surface area (Å²) in [6, 6.07) is 14.1. The summed E-state index contributed by atoms with van der Waals surface area (Å²) in [5, 5.41) is 85.1. The van der Waals surface area contributed by atoms with Crippen LogP contribution in [0.1, 0.15) is 43.2 Å². The van der Waals surface area contributed by atoms with E-state index < -0.39 is 106 Å². The van der Waals surface area contributed by atoms with Crippen LogP contribution in [0.15, 0.2) is 95.4 Å².